The Morgan fingerprint density at radius 1 is 1.54 bits per heavy atom. The molecule has 0 atom stereocenters. The van der Waals surface area contributed by atoms with Crippen molar-refractivity contribution in [3.05, 3.63) is 28.8 Å². The zero-order valence-corrected chi connectivity index (χ0v) is 7.80. The molecule has 0 aliphatic rings. The smallest absolute Gasteiger partial charge is 0.0992 e. The fourth-order valence-electron chi connectivity index (χ4n) is 0.935. The molecular weight excluding hydrogens is 186 g/mol. The Kier molecular flexibility index (Phi) is 3.56. The van der Waals surface area contributed by atoms with Crippen molar-refractivity contribution in [3.8, 4) is 6.07 Å². The minimum absolute atomic E-state index is 0.549. The summed E-state index contributed by atoms with van der Waals surface area (Å²) in [6, 6.07) is 7.13. The Labute approximate surface area is 82.1 Å². The van der Waals surface area contributed by atoms with E-state index in [4.69, 9.17) is 22.6 Å². The van der Waals surface area contributed by atoms with Crippen LogP contribution in [0.15, 0.2) is 18.2 Å². The molecule has 4 heteroatoms. The molecule has 68 valence electrons. The summed E-state index contributed by atoms with van der Waals surface area (Å²) in [5.41, 5.74) is 6.69. The Morgan fingerprint density at radius 3 is 2.85 bits per heavy atom. The number of halogens is 1. The fourth-order valence-corrected chi connectivity index (χ4v) is 1.18. The highest BCUT2D eigenvalue weighted by Gasteiger charge is 1.99. The SMILES string of the molecule is N#Cc1ccc(NCCN)c(Cl)c1. The molecule has 0 bridgehead atoms. The number of anilines is 1. The molecule has 3 nitrogen and oxygen atoms in total. The second kappa shape index (κ2) is 4.70. The van der Waals surface area contributed by atoms with Crippen molar-refractivity contribution in [3.63, 3.8) is 0 Å². The van der Waals surface area contributed by atoms with Crippen molar-refractivity contribution in [1.82, 2.24) is 0 Å². The summed E-state index contributed by atoms with van der Waals surface area (Å²) in [4.78, 5) is 0. The van der Waals surface area contributed by atoms with Crippen molar-refractivity contribution in [2.75, 3.05) is 18.4 Å². The highest BCUT2D eigenvalue weighted by atomic mass is 35.5. The lowest BCUT2D eigenvalue weighted by molar-refractivity contribution is 1.02. The summed E-state index contributed by atoms with van der Waals surface area (Å²) in [6.07, 6.45) is 0. The van der Waals surface area contributed by atoms with Gasteiger partial charge in [-0.1, -0.05) is 11.6 Å². The van der Waals surface area contributed by atoms with Gasteiger partial charge < -0.3 is 11.1 Å². The van der Waals surface area contributed by atoms with Crippen LogP contribution in [0.25, 0.3) is 0 Å². The zero-order chi connectivity index (χ0) is 9.68. The Hall–Kier alpha value is -1.24. The van der Waals surface area contributed by atoms with Crippen LogP contribution in [-0.2, 0) is 0 Å². The number of rotatable bonds is 3. The largest absolute Gasteiger partial charge is 0.383 e. The van der Waals surface area contributed by atoms with Crippen molar-refractivity contribution in [2.45, 2.75) is 0 Å². The lowest BCUT2D eigenvalue weighted by Crippen LogP contribution is -2.13. The fraction of sp³-hybridized carbons (Fsp3) is 0.222. The van der Waals surface area contributed by atoms with E-state index in [1.54, 1.807) is 18.2 Å². The third kappa shape index (κ3) is 2.62. The van der Waals surface area contributed by atoms with Gasteiger partial charge in [0.2, 0.25) is 0 Å². The van der Waals surface area contributed by atoms with E-state index in [0.717, 1.165) is 5.69 Å². The number of hydrogen-bond donors (Lipinski definition) is 2. The van der Waals surface area contributed by atoms with Crippen LogP contribution in [-0.4, -0.2) is 13.1 Å². The standard InChI is InChI=1S/C9H10ClN3/c10-8-5-7(6-12)1-2-9(8)13-4-3-11/h1-2,5,13H,3-4,11H2. The van der Waals surface area contributed by atoms with E-state index in [9.17, 15) is 0 Å². The molecule has 0 saturated heterocycles. The molecule has 0 radical (unpaired) electrons. The van der Waals surface area contributed by atoms with Gasteiger partial charge in [0.05, 0.1) is 22.3 Å². The Balaban J connectivity index is 2.81. The van der Waals surface area contributed by atoms with Gasteiger partial charge in [-0.3, -0.25) is 0 Å². The summed E-state index contributed by atoms with van der Waals surface area (Å²) < 4.78 is 0. The third-order valence-corrected chi connectivity index (χ3v) is 1.87. The van der Waals surface area contributed by atoms with Gasteiger partial charge in [-0.2, -0.15) is 5.26 Å². The van der Waals surface area contributed by atoms with Crippen molar-refractivity contribution in [2.24, 2.45) is 5.73 Å². The maximum Gasteiger partial charge on any atom is 0.0992 e. The van der Waals surface area contributed by atoms with Crippen LogP contribution in [0.3, 0.4) is 0 Å². The zero-order valence-electron chi connectivity index (χ0n) is 7.05. The van der Waals surface area contributed by atoms with Crippen LogP contribution >= 0.6 is 11.6 Å². The minimum atomic E-state index is 0.549. The number of nitriles is 1. The molecule has 3 N–H and O–H groups in total. The first-order chi connectivity index (χ1) is 6.27. The summed E-state index contributed by atoms with van der Waals surface area (Å²) in [5.74, 6) is 0. The van der Waals surface area contributed by atoms with Crippen molar-refractivity contribution < 1.29 is 0 Å². The first-order valence-corrected chi connectivity index (χ1v) is 4.29. The van der Waals surface area contributed by atoms with Gasteiger partial charge in [-0.15, -0.1) is 0 Å². The summed E-state index contributed by atoms with van der Waals surface area (Å²) in [7, 11) is 0. The van der Waals surface area contributed by atoms with Gasteiger partial charge >= 0.3 is 0 Å². The number of nitrogens with two attached hydrogens (primary N) is 1. The molecule has 0 aliphatic carbocycles. The molecule has 0 unspecified atom stereocenters. The minimum Gasteiger partial charge on any atom is -0.383 e. The number of nitrogens with one attached hydrogen (secondary N) is 1. The second-order valence-corrected chi connectivity index (χ2v) is 2.93. The van der Waals surface area contributed by atoms with Crippen LogP contribution in [0.2, 0.25) is 5.02 Å². The van der Waals surface area contributed by atoms with E-state index in [0.29, 0.717) is 23.7 Å². The molecule has 1 rings (SSSR count). The number of benzene rings is 1. The topological polar surface area (TPSA) is 61.8 Å². The monoisotopic (exact) mass is 195 g/mol. The molecule has 0 aromatic heterocycles. The van der Waals surface area contributed by atoms with Crippen LogP contribution in [0.1, 0.15) is 5.56 Å². The van der Waals surface area contributed by atoms with Gasteiger partial charge in [0.25, 0.3) is 0 Å². The Morgan fingerprint density at radius 2 is 2.31 bits per heavy atom. The van der Waals surface area contributed by atoms with Gasteiger partial charge in [-0.25, -0.2) is 0 Å². The summed E-state index contributed by atoms with van der Waals surface area (Å²) in [5, 5.41) is 12.2. The molecule has 0 spiro atoms. The highest BCUT2D eigenvalue weighted by Crippen LogP contribution is 2.22. The van der Waals surface area contributed by atoms with E-state index in [2.05, 4.69) is 5.32 Å². The predicted molar refractivity (Wildman–Crippen MR) is 53.7 cm³/mol. The highest BCUT2D eigenvalue weighted by molar-refractivity contribution is 6.33. The average Bonchev–Trinajstić information content (AvgIpc) is 2.16. The van der Waals surface area contributed by atoms with E-state index < -0.39 is 0 Å². The molecule has 1 aromatic rings. The lowest BCUT2D eigenvalue weighted by Gasteiger charge is -2.06. The molecule has 13 heavy (non-hydrogen) atoms. The van der Waals surface area contributed by atoms with Crippen LogP contribution in [0, 0.1) is 11.3 Å². The van der Waals surface area contributed by atoms with Gasteiger partial charge in [0, 0.05) is 13.1 Å². The lowest BCUT2D eigenvalue weighted by atomic mass is 10.2. The number of nitrogens with zero attached hydrogens (tertiary/aromatic N) is 1. The summed E-state index contributed by atoms with van der Waals surface area (Å²) in [6.45, 7) is 1.22. The van der Waals surface area contributed by atoms with Gasteiger partial charge in [0.15, 0.2) is 0 Å². The molecule has 0 heterocycles. The second-order valence-electron chi connectivity index (χ2n) is 2.52. The normalized spacial score (nSPS) is 9.31. The van der Waals surface area contributed by atoms with E-state index in [1.807, 2.05) is 6.07 Å². The van der Waals surface area contributed by atoms with Gasteiger partial charge in [-0.05, 0) is 18.2 Å². The van der Waals surface area contributed by atoms with Crippen LogP contribution in [0.4, 0.5) is 5.69 Å². The average molecular weight is 196 g/mol. The molecule has 0 amide bonds. The predicted octanol–water partition coefficient (Wildman–Crippen LogP) is 1.58. The molecule has 0 saturated carbocycles. The van der Waals surface area contributed by atoms with Crippen molar-refractivity contribution >= 4 is 17.3 Å². The van der Waals surface area contributed by atoms with Crippen molar-refractivity contribution in [1.29, 1.82) is 5.26 Å². The maximum absolute atomic E-state index is 8.58. The molecule has 0 aliphatic heterocycles. The molecular formula is C9H10ClN3. The summed E-state index contributed by atoms with van der Waals surface area (Å²) >= 11 is 5.89. The first kappa shape index (κ1) is 9.85. The van der Waals surface area contributed by atoms with E-state index in [1.165, 1.54) is 0 Å². The Bertz CT molecular complexity index is 330. The van der Waals surface area contributed by atoms with E-state index in [-0.39, 0.29) is 0 Å². The van der Waals surface area contributed by atoms with Crippen LogP contribution in [0.5, 0.6) is 0 Å². The van der Waals surface area contributed by atoms with Crippen LogP contribution < -0.4 is 11.1 Å². The third-order valence-electron chi connectivity index (χ3n) is 1.56. The molecule has 1 aromatic carbocycles. The number of hydrogen-bond acceptors (Lipinski definition) is 3. The quantitative estimate of drug-likeness (QED) is 0.770. The van der Waals surface area contributed by atoms with E-state index >= 15 is 0 Å². The van der Waals surface area contributed by atoms with Gasteiger partial charge in [0.1, 0.15) is 0 Å². The molecule has 0 fully saturated rings. The first-order valence-electron chi connectivity index (χ1n) is 3.91. The maximum atomic E-state index is 8.58.